The van der Waals surface area contributed by atoms with Gasteiger partial charge >= 0.3 is 5.97 Å². The predicted molar refractivity (Wildman–Crippen MR) is 78.1 cm³/mol. The first-order valence-electron chi connectivity index (χ1n) is 6.68. The van der Waals surface area contributed by atoms with Crippen LogP contribution < -0.4 is 5.32 Å². The Hall–Kier alpha value is -1.17. The molecule has 2 N–H and O–H groups in total. The fraction of sp³-hybridized carbons (Fsp3) is 0.692. The molecule has 1 heterocycles. The normalized spacial score (nSPS) is 22.7. The van der Waals surface area contributed by atoms with Gasteiger partial charge in [-0.3, -0.25) is 4.68 Å². The molecule has 0 saturated heterocycles. The van der Waals surface area contributed by atoms with Gasteiger partial charge in [0.1, 0.15) is 11.4 Å². The number of hydrogen-bond donors (Lipinski definition) is 2. The van der Waals surface area contributed by atoms with Gasteiger partial charge in [-0.2, -0.15) is 16.9 Å². The second-order valence-electron chi connectivity index (χ2n) is 4.97. The van der Waals surface area contributed by atoms with Gasteiger partial charge in [0.05, 0.1) is 5.69 Å². The minimum absolute atomic E-state index is 0.300. The summed E-state index contributed by atoms with van der Waals surface area (Å²) in [5, 5.41) is 17.5. The van der Waals surface area contributed by atoms with Crippen LogP contribution in [0, 0.1) is 6.92 Å². The Morgan fingerprint density at radius 1 is 1.58 bits per heavy atom. The summed E-state index contributed by atoms with van der Waals surface area (Å²) >= 11 is 1.99. The van der Waals surface area contributed by atoms with Crippen molar-refractivity contribution in [1.82, 2.24) is 9.78 Å². The van der Waals surface area contributed by atoms with Gasteiger partial charge in [-0.25, -0.2) is 4.79 Å². The standard InChI is InChI=1S/C13H21N3O2S/c1-4-19-10-6-5-9(7-10)14-12-11(13(17)18)8(2)15-16(12)3/h9-10,14H,4-7H2,1-3H3,(H,17,18). The molecule has 2 unspecified atom stereocenters. The molecule has 2 rings (SSSR count). The third kappa shape index (κ3) is 3.05. The number of rotatable bonds is 5. The number of aromatic carboxylic acids is 1. The van der Waals surface area contributed by atoms with Crippen LogP contribution >= 0.6 is 11.8 Å². The number of carbonyl (C=O) groups is 1. The maximum atomic E-state index is 11.3. The van der Waals surface area contributed by atoms with Crippen LogP contribution in [0.2, 0.25) is 0 Å². The van der Waals surface area contributed by atoms with Gasteiger partial charge < -0.3 is 10.4 Å². The molecule has 6 heteroatoms. The van der Waals surface area contributed by atoms with Crippen molar-refractivity contribution in [1.29, 1.82) is 0 Å². The third-order valence-electron chi connectivity index (χ3n) is 3.56. The summed E-state index contributed by atoms with van der Waals surface area (Å²) in [7, 11) is 1.79. The Bertz CT molecular complexity index is 473. The SMILES string of the molecule is CCSC1CCC(Nc2c(C(=O)O)c(C)nn2C)C1. The lowest BCUT2D eigenvalue weighted by Crippen LogP contribution is -2.20. The van der Waals surface area contributed by atoms with Crippen LogP contribution in [-0.2, 0) is 7.05 Å². The van der Waals surface area contributed by atoms with Gasteiger partial charge in [0.15, 0.2) is 0 Å². The van der Waals surface area contributed by atoms with Crippen LogP contribution in [0.25, 0.3) is 0 Å². The first-order chi connectivity index (χ1) is 9.02. The zero-order valence-corrected chi connectivity index (χ0v) is 12.5. The number of thioether (sulfide) groups is 1. The highest BCUT2D eigenvalue weighted by Gasteiger charge is 2.27. The van der Waals surface area contributed by atoms with Gasteiger partial charge in [-0.15, -0.1) is 0 Å². The highest BCUT2D eigenvalue weighted by Crippen LogP contribution is 2.32. The molecule has 2 atom stereocenters. The van der Waals surface area contributed by atoms with Crippen LogP contribution in [0.1, 0.15) is 42.2 Å². The zero-order valence-electron chi connectivity index (χ0n) is 11.6. The molecule has 0 amide bonds. The van der Waals surface area contributed by atoms with Crippen LogP contribution in [0.5, 0.6) is 0 Å². The fourth-order valence-electron chi connectivity index (χ4n) is 2.73. The lowest BCUT2D eigenvalue weighted by atomic mass is 10.2. The van der Waals surface area contributed by atoms with E-state index in [4.69, 9.17) is 0 Å². The van der Waals surface area contributed by atoms with E-state index in [-0.39, 0.29) is 0 Å². The van der Waals surface area contributed by atoms with Crippen molar-refractivity contribution in [3.8, 4) is 0 Å². The largest absolute Gasteiger partial charge is 0.477 e. The van der Waals surface area contributed by atoms with E-state index in [0.29, 0.717) is 28.4 Å². The van der Waals surface area contributed by atoms with E-state index >= 15 is 0 Å². The van der Waals surface area contributed by atoms with Crippen LogP contribution in [0.15, 0.2) is 0 Å². The maximum absolute atomic E-state index is 11.3. The monoisotopic (exact) mass is 283 g/mol. The number of carboxylic acids is 1. The lowest BCUT2D eigenvalue weighted by Gasteiger charge is -2.15. The topological polar surface area (TPSA) is 67.2 Å². The van der Waals surface area contributed by atoms with Crippen molar-refractivity contribution < 1.29 is 9.90 Å². The van der Waals surface area contributed by atoms with E-state index in [9.17, 15) is 9.90 Å². The second-order valence-corrected chi connectivity index (χ2v) is 6.55. The van der Waals surface area contributed by atoms with Crippen molar-refractivity contribution in [3.63, 3.8) is 0 Å². The molecular weight excluding hydrogens is 262 g/mol. The average molecular weight is 283 g/mol. The Balaban J connectivity index is 2.10. The molecule has 1 aromatic rings. The number of hydrogen-bond acceptors (Lipinski definition) is 4. The number of nitrogens with zero attached hydrogens (tertiary/aromatic N) is 2. The van der Waals surface area contributed by atoms with E-state index in [1.165, 1.54) is 6.42 Å². The molecule has 1 aromatic heterocycles. The van der Waals surface area contributed by atoms with E-state index in [0.717, 1.165) is 18.6 Å². The molecule has 0 aliphatic heterocycles. The lowest BCUT2D eigenvalue weighted by molar-refractivity contribution is 0.0697. The Morgan fingerprint density at radius 3 is 2.95 bits per heavy atom. The molecule has 1 fully saturated rings. The molecular formula is C13H21N3O2S. The molecule has 106 valence electrons. The third-order valence-corrected chi connectivity index (χ3v) is 4.80. The van der Waals surface area contributed by atoms with E-state index < -0.39 is 5.97 Å². The predicted octanol–water partition coefficient (Wildman–Crippen LogP) is 2.51. The van der Waals surface area contributed by atoms with Crippen LogP contribution in [-0.4, -0.2) is 37.9 Å². The van der Waals surface area contributed by atoms with Crippen molar-refractivity contribution in [2.75, 3.05) is 11.1 Å². The average Bonchev–Trinajstić information content (AvgIpc) is 2.86. The summed E-state index contributed by atoms with van der Waals surface area (Å²) in [6.45, 7) is 3.91. The molecule has 1 aliphatic rings. The Kier molecular flexibility index (Phi) is 4.39. The van der Waals surface area contributed by atoms with E-state index in [2.05, 4.69) is 17.3 Å². The smallest absolute Gasteiger partial charge is 0.341 e. The van der Waals surface area contributed by atoms with E-state index in [1.54, 1.807) is 18.7 Å². The minimum Gasteiger partial charge on any atom is -0.477 e. The number of aromatic nitrogens is 2. The van der Waals surface area contributed by atoms with Gasteiger partial charge in [-0.05, 0) is 31.9 Å². The Labute approximate surface area is 117 Å². The zero-order chi connectivity index (χ0) is 14.0. The molecule has 5 nitrogen and oxygen atoms in total. The molecule has 0 spiro atoms. The van der Waals surface area contributed by atoms with Crippen molar-refractivity contribution in [2.45, 2.75) is 44.4 Å². The van der Waals surface area contributed by atoms with Gasteiger partial charge in [0, 0.05) is 18.3 Å². The molecule has 1 aliphatic carbocycles. The van der Waals surface area contributed by atoms with Crippen LogP contribution in [0.3, 0.4) is 0 Å². The first kappa shape index (κ1) is 14.2. The summed E-state index contributed by atoms with van der Waals surface area (Å²) in [5.74, 6) is 0.866. The molecule has 0 aromatic carbocycles. The quantitative estimate of drug-likeness (QED) is 0.869. The second kappa shape index (κ2) is 5.86. The number of carboxylic acid groups (broad SMARTS) is 1. The van der Waals surface area contributed by atoms with Gasteiger partial charge in [0.25, 0.3) is 0 Å². The molecule has 0 bridgehead atoms. The van der Waals surface area contributed by atoms with Crippen molar-refractivity contribution in [3.05, 3.63) is 11.3 Å². The summed E-state index contributed by atoms with van der Waals surface area (Å²) in [4.78, 5) is 11.3. The Morgan fingerprint density at radius 2 is 2.32 bits per heavy atom. The van der Waals surface area contributed by atoms with Crippen LogP contribution in [0.4, 0.5) is 5.82 Å². The first-order valence-corrected chi connectivity index (χ1v) is 7.72. The number of nitrogens with one attached hydrogen (secondary N) is 1. The number of anilines is 1. The highest BCUT2D eigenvalue weighted by molar-refractivity contribution is 7.99. The summed E-state index contributed by atoms with van der Waals surface area (Å²) < 4.78 is 1.64. The highest BCUT2D eigenvalue weighted by atomic mass is 32.2. The summed E-state index contributed by atoms with van der Waals surface area (Å²) in [6.07, 6.45) is 3.40. The molecule has 1 saturated carbocycles. The van der Waals surface area contributed by atoms with Crippen molar-refractivity contribution >= 4 is 23.5 Å². The van der Waals surface area contributed by atoms with E-state index in [1.807, 2.05) is 11.8 Å². The molecule has 0 radical (unpaired) electrons. The summed E-state index contributed by atoms with van der Waals surface area (Å²) in [6, 6.07) is 0.358. The summed E-state index contributed by atoms with van der Waals surface area (Å²) in [5.41, 5.74) is 0.865. The van der Waals surface area contributed by atoms with Gasteiger partial charge in [-0.1, -0.05) is 6.92 Å². The van der Waals surface area contributed by atoms with Crippen molar-refractivity contribution in [2.24, 2.45) is 7.05 Å². The molecule has 19 heavy (non-hydrogen) atoms. The maximum Gasteiger partial charge on any atom is 0.341 e. The van der Waals surface area contributed by atoms with Gasteiger partial charge in [0.2, 0.25) is 0 Å². The fourth-order valence-corrected chi connectivity index (χ4v) is 3.87. The minimum atomic E-state index is -0.911. The number of aryl methyl sites for hydroxylation is 2.